The number of benzene rings is 2. The van der Waals surface area contributed by atoms with Gasteiger partial charge in [-0.25, -0.2) is 8.78 Å². The second-order valence-electron chi connectivity index (χ2n) is 4.11. The maximum absolute atomic E-state index is 14.1. The van der Waals surface area contributed by atoms with Gasteiger partial charge in [0.1, 0.15) is 11.6 Å². The van der Waals surface area contributed by atoms with E-state index in [1.54, 1.807) is 18.2 Å². The molecule has 0 saturated heterocycles. The smallest absolute Gasteiger partial charge is 0.163 e. The number of halogens is 3. The molecule has 0 N–H and O–H groups in total. The molecule has 1 unspecified atom stereocenters. The minimum absolute atomic E-state index is 0.285. The monoisotopic (exact) mass is 342 g/mol. The molecule has 0 aromatic heterocycles. The molecule has 0 bridgehead atoms. The maximum Gasteiger partial charge on any atom is 0.163 e. The molecule has 106 valence electrons. The first-order valence-corrected chi connectivity index (χ1v) is 6.80. The summed E-state index contributed by atoms with van der Waals surface area (Å²) in [6.45, 7) is 0. The SMILES string of the molecule is COc1cc(F)c(C(Br)c2ccccc2F)cc1OC. The highest BCUT2D eigenvalue weighted by Gasteiger charge is 2.21. The quantitative estimate of drug-likeness (QED) is 0.763. The van der Waals surface area contributed by atoms with Gasteiger partial charge in [0.25, 0.3) is 0 Å². The average Bonchev–Trinajstić information content (AvgIpc) is 2.46. The van der Waals surface area contributed by atoms with Crippen LogP contribution in [0, 0.1) is 11.6 Å². The molecule has 0 spiro atoms. The Kier molecular flexibility index (Phi) is 4.60. The molecule has 0 radical (unpaired) electrons. The van der Waals surface area contributed by atoms with Gasteiger partial charge in [-0.05, 0) is 12.1 Å². The molecule has 0 saturated carbocycles. The minimum atomic E-state index is -0.608. The standard InChI is InChI=1S/C15H13BrF2O2/c1-19-13-7-10(12(18)8-14(13)20-2)15(16)9-5-3-4-6-11(9)17/h3-8,15H,1-2H3. The molecule has 2 aromatic rings. The lowest BCUT2D eigenvalue weighted by atomic mass is 10.0. The molecule has 2 aromatic carbocycles. The van der Waals surface area contributed by atoms with Gasteiger partial charge in [-0.3, -0.25) is 0 Å². The predicted molar refractivity (Wildman–Crippen MR) is 76.7 cm³/mol. The first-order valence-electron chi connectivity index (χ1n) is 5.88. The maximum atomic E-state index is 14.1. The highest BCUT2D eigenvalue weighted by molar-refractivity contribution is 9.09. The van der Waals surface area contributed by atoms with E-state index in [-0.39, 0.29) is 5.56 Å². The number of ether oxygens (including phenoxy) is 2. The Bertz CT molecular complexity index is 617. The zero-order chi connectivity index (χ0) is 14.7. The van der Waals surface area contributed by atoms with Crippen LogP contribution in [0.15, 0.2) is 36.4 Å². The summed E-state index contributed by atoms with van der Waals surface area (Å²) in [5.41, 5.74) is 0.645. The lowest BCUT2D eigenvalue weighted by Crippen LogP contribution is -2.01. The largest absolute Gasteiger partial charge is 0.493 e. The molecule has 0 fully saturated rings. The third-order valence-electron chi connectivity index (χ3n) is 2.95. The summed E-state index contributed by atoms with van der Waals surface area (Å²) in [5.74, 6) is -0.206. The van der Waals surface area contributed by atoms with Gasteiger partial charge in [0.2, 0.25) is 0 Å². The van der Waals surface area contributed by atoms with E-state index in [1.807, 2.05) is 0 Å². The van der Waals surface area contributed by atoms with Crippen LogP contribution in [0.4, 0.5) is 8.78 Å². The van der Waals surface area contributed by atoms with Crippen LogP contribution >= 0.6 is 15.9 Å². The lowest BCUT2D eigenvalue weighted by molar-refractivity contribution is 0.351. The minimum Gasteiger partial charge on any atom is -0.493 e. The molecule has 0 amide bonds. The number of hydrogen-bond donors (Lipinski definition) is 0. The molecule has 0 aliphatic heterocycles. The fourth-order valence-electron chi connectivity index (χ4n) is 1.91. The Balaban J connectivity index is 2.50. The first kappa shape index (κ1) is 14.8. The van der Waals surface area contributed by atoms with Gasteiger partial charge in [0.15, 0.2) is 11.5 Å². The van der Waals surface area contributed by atoms with Gasteiger partial charge in [0, 0.05) is 17.2 Å². The second kappa shape index (κ2) is 6.22. The van der Waals surface area contributed by atoms with Crippen molar-refractivity contribution in [2.75, 3.05) is 14.2 Å². The second-order valence-corrected chi connectivity index (χ2v) is 5.03. The summed E-state index contributed by atoms with van der Waals surface area (Å²) in [4.78, 5) is -0.608. The summed E-state index contributed by atoms with van der Waals surface area (Å²) in [6, 6.07) is 8.95. The van der Waals surface area contributed by atoms with Crippen molar-refractivity contribution in [1.82, 2.24) is 0 Å². The summed E-state index contributed by atoms with van der Waals surface area (Å²) in [7, 11) is 2.89. The van der Waals surface area contributed by atoms with Crippen LogP contribution in [0.5, 0.6) is 11.5 Å². The van der Waals surface area contributed by atoms with Crippen LogP contribution in [-0.4, -0.2) is 14.2 Å². The molecule has 2 nitrogen and oxygen atoms in total. The Labute approximate surface area is 124 Å². The Morgan fingerprint density at radius 2 is 1.50 bits per heavy atom. The number of methoxy groups -OCH3 is 2. The molecular weight excluding hydrogens is 330 g/mol. The van der Waals surface area contributed by atoms with Crippen molar-refractivity contribution in [3.8, 4) is 11.5 Å². The van der Waals surface area contributed by atoms with Crippen LogP contribution in [0.1, 0.15) is 16.0 Å². The highest BCUT2D eigenvalue weighted by atomic mass is 79.9. The summed E-state index contributed by atoms with van der Waals surface area (Å²) in [6.07, 6.45) is 0. The summed E-state index contributed by atoms with van der Waals surface area (Å²) >= 11 is 3.33. The van der Waals surface area contributed by atoms with Gasteiger partial charge in [-0.2, -0.15) is 0 Å². The Hall–Kier alpha value is -1.62. The normalized spacial score (nSPS) is 12.1. The molecule has 0 heterocycles. The van der Waals surface area contributed by atoms with Crippen molar-refractivity contribution in [3.63, 3.8) is 0 Å². The van der Waals surface area contributed by atoms with Crippen molar-refractivity contribution in [2.24, 2.45) is 0 Å². The molecule has 5 heteroatoms. The number of rotatable bonds is 4. The van der Waals surface area contributed by atoms with Crippen LogP contribution < -0.4 is 9.47 Å². The third-order valence-corrected chi connectivity index (χ3v) is 3.94. The van der Waals surface area contributed by atoms with E-state index >= 15 is 0 Å². The van der Waals surface area contributed by atoms with E-state index in [0.717, 1.165) is 0 Å². The van der Waals surface area contributed by atoms with Crippen molar-refractivity contribution in [1.29, 1.82) is 0 Å². The van der Waals surface area contributed by atoms with E-state index < -0.39 is 16.5 Å². The van der Waals surface area contributed by atoms with Gasteiger partial charge in [-0.15, -0.1) is 0 Å². The lowest BCUT2D eigenvalue weighted by Gasteiger charge is -2.15. The molecule has 1 atom stereocenters. The molecule has 2 rings (SSSR count). The van der Waals surface area contributed by atoms with Gasteiger partial charge in [-0.1, -0.05) is 34.1 Å². The Morgan fingerprint density at radius 1 is 0.900 bits per heavy atom. The Morgan fingerprint density at radius 3 is 2.10 bits per heavy atom. The van der Waals surface area contributed by atoms with Gasteiger partial charge < -0.3 is 9.47 Å². The topological polar surface area (TPSA) is 18.5 Å². The summed E-state index contributed by atoms with van der Waals surface area (Å²) < 4.78 is 38.1. The molecule has 0 aliphatic carbocycles. The van der Waals surface area contributed by atoms with Crippen molar-refractivity contribution in [3.05, 3.63) is 59.2 Å². The first-order chi connectivity index (χ1) is 9.58. The van der Waals surface area contributed by atoms with E-state index in [1.165, 1.54) is 32.4 Å². The fraction of sp³-hybridized carbons (Fsp3) is 0.200. The van der Waals surface area contributed by atoms with E-state index in [0.29, 0.717) is 17.1 Å². The van der Waals surface area contributed by atoms with Crippen molar-refractivity contribution < 1.29 is 18.3 Å². The zero-order valence-electron chi connectivity index (χ0n) is 11.0. The van der Waals surface area contributed by atoms with Crippen LogP contribution in [0.3, 0.4) is 0 Å². The van der Waals surface area contributed by atoms with Gasteiger partial charge >= 0.3 is 0 Å². The third kappa shape index (κ3) is 2.77. The van der Waals surface area contributed by atoms with Crippen LogP contribution in [-0.2, 0) is 0 Å². The molecule has 0 aliphatic rings. The van der Waals surface area contributed by atoms with Crippen LogP contribution in [0.25, 0.3) is 0 Å². The van der Waals surface area contributed by atoms with E-state index in [9.17, 15) is 8.78 Å². The van der Waals surface area contributed by atoms with Crippen molar-refractivity contribution in [2.45, 2.75) is 4.83 Å². The number of hydrogen-bond acceptors (Lipinski definition) is 2. The van der Waals surface area contributed by atoms with E-state index in [4.69, 9.17) is 9.47 Å². The van der Waals surface area contributed by atoms with Crippen LogP contribution in [0.2, 0.25) is 0 Å². The highest BCUT2D eigenvalue weighted by Crippen LogP contribution is 2.39. The van der Waals surface area contributed by atoms with E-state index in [2.05, 4.69) is 15.9 Å². The van der Waals surface area contributed by atoms with Gasteiger partial charge in [0.05, 0.1) is 19.0 Å². The molecule has 20 heavy (non-hydrogen) atoms. The number of alkyl halides is 1. The summed E-state index contributed by atoms with van der Waals surface area (Å²) in [5, 5.41) is 0. The molecular formula is C15H13BrF2O2. The van der Waals surface area contributed by atoms with Crippen molar-refractivity contribution >= 4 is 15.9 Å². The zero-order valence-corrected chi connectivity index (χ0v) is 12.6. The predicted octanol–water partition coefficient (Wildman–Crippen LogP) is 4.47. The fourth-order valence-corrected chi connectivity index (χ4v) is 2.63. The average molecular weight is 343 g/mol.